The van der Waals surface area contributed by atoms with E-state index in [1.54, 1.807) is 0 Å². The molecule has 1 aliphatic heterocycles. The lowest BCUT2D eigenvalue weighted by atomic mass is 10.1. The first-order valence-corrected chi connectivity index (χ1v) is 9.39. The second kappa shape index (κ2) is 11.7. The van der Waals surface area contributed by atoms with Crippen LogP contribution in [-0.4, -0.2) is 81.9 Å². The fourth-order valence-corrected chi connectivity index (χ4v) is 2.96. The van der Waals surface area contributed by atoms with E-state index in [0.29, 0.717) is 12.8 Å². The average molecular weight is 429 g/mol. The molecule has 1 fully saturated rings. The number of hydrogen-bond donors (Lipinski definition) is 6. The van der Waals surface area contributed by atoms with Gasteiger partial charge in [0.1, 0.15) is 12.1 Å². The molecule has 13 nitrogen and oxygen atoms in total. The van der Waals surface area contributed by atoms with Crippen molar-refractivity contribution in [1.29, 1.82) is 0 Å². The van der Waals surface area contributed by atoms with Gasteiger partial charge >= 0.3 is 11.9 Å². The van der Waals surface area contributed by atoms with Crippen LogP contribution in [0.5, 0.6) is 0 Å². The predicted molar refractivity (Wildman–Crippen MR) is 101 cm³/mol. The second-order valence-electron chi connectivity index (χ2n) is 6.91. The van der Waals surface area contributed by atoms with Crippen molar-refractivity contribution in [3.05, 3.63) is 0 Å². The number of carbonyl (C=O) groups is 6. The Morgan fingerprint density at radius 3 is 2.30 bits per heavy atom. The highest BCUT2D eigenvalue weighted by molar-refractivity contribution is 5.93. The number of carboxylic acid groups (broad SMARTS) is 2. The fourth-order valence-electron chi connectivity index (χ4n) is 2.96. The van der Waals surface area contributed by atoms with Crippen molar-refractivity contribution >= 4 is 35.6 Å². The lowest BCUT2D eigenvalue weighted by molar-refractivity contribution is -0.144. The number of amides is 4. The SMILES string of the molecule is NC(=O)CCC(NC(=O)C1CCCN1C(=O)CNC(=O)C(N)CCC(=O)O)C(=O)O. The highest BCUT2D eigenvalue weighted by Gasteiger charge is 2.36. The molecule has 0 saturated carbocycles. The molecule has 0 aromatic carbocycles. The number of aliphatic carboxylic acids is 2. The highest BCUT2D eigenvalue weighted by atomic mass is 16.4. The summed E-state index contributed by atoms with van der Waals surface area (Å²) in [5, 5.41) is 22.4. The number of carboxylic acids is 2. The molecule has 4 amide bonds. The van der Waals surface area contributed by atoms with E-state index in [9.17, 15) is 33.9 Å². The number of rotatable bonds is 12. The molecule has 8 N–H and O–H groups in total. The van der Waals surface area contributed by atoms with Gasteiger partial charge in [-0.1, -0.05) is 0 Å². The first-order valence-electron chi connectivity index (χ1n) is 9.39. The van der Waals surface area contributed by atoms with E-state index in [1.807, 2.05) is 0 Å². The van der Waals surface area contributed by atoms with Crippen LogP contribution in [0.3, 0.4) is 0 Å². The normalized spacial score (nSPS) is 17.6. The topological polar surface area (TPSA) is 222 Å². The number of nitrogens with two attached hydrogens (primary N) is 2. The van der Waals surface area contributed by atoms with Gasteiger partial charge in [0.2, 0.25) is 23.6 Å². The molecule has 1 aliphatic rings. The van der Waals surface area contributed by atoms with Crippen molar-refractivity contribution in [2.45, 2.75) is 56.7 Å². The molecular formula is C17H27N5O8. The standard InChI is InChI=1S/C17H27N5O8/c18-9(3-6-14(25)26)15(27)20-8-13(24)22-7-1-2-11(22)16(28)21-10(17(29)30)4-5-12(19)23/h9-11H,1-8,18H2,(H2,19,23)(H,20,27)(H,21,28)(H,25,26)(H,29,30). The monoisotopic (exact) mass is 429 g/mol. The van der Waals surface area contributed by atoms with Crippen LogP contribution < -0.4 is 22.1 Å². The first-order chi connectivity index (χ1) is 14.0. The summed E-state index contributed by atoms with van der Waals surface area (Å²) in [5.41, 5.74) is 10.6. The maximum Gasteiger partial charge on any atom is 0.326 e. The largest absolute Gasteiger partial charge is 0.481 e. The predicted octanol–water partition coefficient (Wildman–Crippen LogP) is -2.88. The average Bonchev–Trinajstić information content (AvgIpc) is 3.16. The van der Waals surface area contributed by atoms with Crippen molar-refractivity contribution in [3.63, 3.8) is 0 Å². The lowest BCUT2D eigenvalue weighted by Crippen LogP contribution is -2.53. The van der Waals surface area contributed by atoms with Gasteiger partial charge in [-0.25, -0.2) is 4.79 Å². The molecule has 0 spiro atoms. The fraction of sp³-hybridized carbons (Fsp3) is 0.647. The van der Waals surface area contributed by atoms with Crippen LogP contribution in [0.25, 0.3) is 0 Å². The summed E-state index contributed by atoms with van der Waals surface area (Å²) >= 11 is 0. The molecule has 1 rings (SSSR count). The van der Waals surface area contributed by atoms with Gasteiger partial charge in [-0.3, -0.25) is 24.0 Å². The Labute approximate surface area is 172 Å². The van der Waals surface area contributed by atoms with Crippen LogP contribution >= 0.6 is 0 Å². The summed E-state index contributed by atoms with van der Waals surface area (Å²) in [6, 6.07) is -3.33. The van der Waals surface area contributed by atoms with Gasteiger partial charge < -0.3 is 37.2 Å². The second-order valence-corrected chi connectivity index (χ2v) is 6.91. The molecule has 30 heavy (non-hydrogen) atoms. The number of hydrogen-bond acceptors (Lipinski definition) is 7. The Kier molecular flexibility index (Phi) is 9.68. The molecule has 168 valence electrons. The number of nitrogens with one attached hydrogen (secondary N) is 2. The van der Waals surface area contributed by atoms with E-state index < -0.39 is 60.2 Å². The molecule has 1 saturated heterocycles. The van der Waals surface area contributed by atoms with Crippen molar-refractivity contribution in [1.82, 2.24) is 15.5 Å². The van der Waals surface area contributed by atoms with Gasteiger partial charge in [-0.2, -0.15) is 0 Å². The van der Waals surface area contributed by atoms with Gasteiger partial charge in [0.25, 0.3) is 0 Å². The number of primary amides is 1. The maximum atomic E-state index is 12.5. The molecule has 0 bridgehead atoms. The molecule has 3 unspecified atom stereocenters. The summed E-state index contributed by atoms with van der Waals surface area (Å²) < 4.78 is 0. The van der Waals surface area contributed by atoms with Crippen LogP contribution in [0.1, 0.15) is 38.5 Å². The third-order valence-electron chi connectivity index (χ3n) is 4.59. The van der Waals surface area contributed by atoms with Gasteiger partial charge in [-0.15, -0.1) is 0 Å². The van der Waals surface area contributed by atoms with E-state index in [4.69, 9.17) is 16.6 Å². The molecule has 0 aromatic heterocycles. The Bertz CT molecular complexity index is 698. The summed E-state index contributed by atoms with van der Waals surface area (Å²) in [5.74, 6) is -5.07. The number of likely N-dealkylation sites (tertiary alicyclic amines) is 1. The zero-order chi connectivity index (χ0) is 22.8. The third-order valence-corrected chi connectivity index (χ3v) is 4.59. The minimum absolute atomic E-state index is 0.0913. The minimum Gasteiger partial charge on any atom is -0.481 e. The first kappa shape index (κ1) is 24.8. The van der Waals surface area contributed by atoms with Crippen molar-refractivity contribution in [2.75, 3.05) is 13.1 Å². The molecular weight excluding hydrogens is 402 g/mol. The maximum absolute atomic E-state index is 12.5. The molecule has 0 aliphatic carbocycles. The molecule has 0 aromatic rings. The van der Waals surface area contributed by atoms with E-state index >= 15 is 0 Å². The van der Waals surface area contributed by atoms with Crippen LogP contribution in [-0.2, 0) is 28.8 Å². The minimum atomic E-state index is -1.33. The van der Waals surface area contributed by atoms with E-state index in [2.05, 4.69) is 10.6 Å². The van der Waals surface area contributed by atoms with Gasteiger partial charge in [0, 0.05) is 19.4 Å². The zero-order valence-electron chi connectivity index (χ0n) is 16.3. The summed E-state index contributed by atoms with van der Waals surface area (Å²) in [7, 11) is 0. The van der Waals surface area contributed by atoms with Crippen LogP contribution in [0.4, 0.5) is 0 Å². The summed E-state index contributed by atoms with van der Waals surface area (Å²) in [6.45, 7) is -0.190. The molecule has 13 heteroatoms. The Hall–Kier alpha value is -3.22. The molecule has 0 radical (unpaired) electrons. The van der Waals surface area contributed by atoms with Gasteiger partial charge in [0.05, 0.1) is 12.6 Å². The smallest absolute Gasteiger partial charge is 0.326 e. The Morgan fingerprint density at radius 1 is 1.07 bits per heavy atom. The molecule has 3 atom stereocenters. The third kappa shape index (κ3) is 8.03. The number of nitrogens with zero attached hydrogens (tertiary/aromatic N) is 1. The van der Waals surface area contributed by atoms with Gasteiger partial charge in [0.15, 0.2) is 0 Å². The van der Waals surface area contributed by atoms with E-state index in [-0.39, 0.29) is 32.2 Å². The highest BCUT2D eigenvalue weighted by Crippen LogP contribution is 2.18. The Balaban J connectivity index is 2.60. The van der Waals surface area contributed by atoms with E-state index in [0.717, 1.165) is 0 Å². The Morgan fingerprint density at radius 2 is 1.73 bits per heavy atom. The van der Waals surface area contributed by atoms with Crippen LogP contribution in [0, 0.1) is 0 Å². The quantitative estimate of drug-likeness (QED) is 0.187. The van der Waals surface area contributed by atoms with Crippen molar-refractivity contribution in [3.8, 4) is 0 Å². The molecule has 1 heterocycles. The van der Waals surface area contributed by atoms with Crippen LogP contribution in [0.15, 0.2) is 0 Å². The van der Waals surface area contributed by atoms with Crippen LogP contribution in [0.2, 0.25) is 0 Å². The zero-order valence-corrected chi connectivity index (χ0v) is 16.3. The summed E-state index contributed by atoms with van der Waals surface area (Å²) in [6.07, 6.45) is 0.0319. The summed E-state index contributed by atoms with van der Waals surface area (Å²) in [4.78, 5) is 70.6. The van der Waals surface area contributed by atoms with Crippen molar-refractivity contribution < 1.29 is 39.0 Å². The number of carbonyl (C=O) groups excluding carboxylic acids is 4. The van der Waals surface area contributed by atoms with E-state index in [1.165, 1.54) is 4.90 Å². The van der Waals surface area contributed by atoms with Gasteiger partial charge in [-0.05, 0) is 25.7 Å². The van der Waals surface area contributed by atoms with Crippen molar-refractivity contribution in [2.24, 2.45) is 11.5 Å². The lowest BCUT2D eigenvalue weighted by Gasteiger charge is -2.25.